The number of nitrogens with one attached hydrogen (secondary N) is 2. The highest BCUT2D eigenvalue weighted by atomic mass is 16.3. The fourth-order valence-corrected chi connectivity index (χ4v) is 2.57. The summed E-state index contributed by atoms with van der Waals surface area (Å²) in [7, 11) is 0. The van der Waals surface area contributed by atoms with Crippen molar-refractivity contribution >= 4 is 5.91 Å². The molecule has 1 unspecified atom stereocenters. The van der Waals surface area contributed by atoms with E-state index in [1.165, 1.54) is 0 Å². The van der Waals surface area contributed by atoms with Crippen molar-refractivity contribution in [3.05, 3.63) is 60.1 Å². The van der Waals surface area contributed by atoms with Crippen molar-refractivity contribution in [1.29, 1.82) is 0 Å². The number of benzene rings is 1. The van der Waals surface area contributed by atoms with E-state index in [1.54, 1.807) is 6.26 Å². The Hall–Kier alpha value is -2.07. The van der Waals surface area contributed by atoms with Gasteiger partial charge in [-0.05, 0) is 37.1 Å². The number of carbonyl (C=O) groups excluding carboxylic acids is 1. The molecule has 104 valence electrons. The van der Waals surface area contributed by atoms with Crippen molar-refractivity contribution in [2.75, 3.05) is 6.54 Å². The molecular formula is C16H18N2O2. The Morgan fingerprint density at radius 3 is 2.75 bits per heavy atom. The van der Waals surface area contributed by atoms with Crippen molar-refractivity contribution in [2.45, 2.75) is 24.9 Å². The second-order valence-electron chi connectivity index (χ2n) is 5.02. The highest BCUT2D eigenvalue weighted by Gasteiger charge is 2.26. The molecule has 2 aromatic rings. The minimum atomic E-state index is -0.235. The van der Waals surface area contributed by atoms with Crippen LogP contribution in [0.2, 0.25) is 0 Å². The SMILES string of the molecule is O=C(NC(c1ccccc1)c1ccco1)[C@@H]1CCCN1. The van der Waals surface area contributed by atoms with Crippen LogP contribution in [-0.4, -0.2) is 18.5 Å². The smallest absolute Gasteiger partial charge is 0.237 e. The first-order valence-electron chi connectivity index (χ1n) is 6.97. The van der Waals surface area contributed by atoms with Crippen LogP contribution in [0.25, 0.3) is 0 Å². The molecule has 0 saturated carbocycles. The van der Waals surface area contributed by atoms with Gasteiger partial charge in [-0.3, -0.25) is 4.79 Å². The van der Waals surface area contributed by atoms with Gasteiger partial charge in [-0.25, -0.2) is 0 Å². The minimum Gasteiger partial charge on any atom is -0.467 e. The first kappa shape index (κ1) is 12.9. The minimum absolute atomic E-state index is 0.0350. The molecule has 20 heavy (non-hydrogen) atoms. The number of rotatable bonds is 4. The summed E-state index contributed by atoms with van der Waals surface area (Å²) >= 11 is 0. The number of amides is 1. The molecule has 1 fully saturated rings. The summed E-state index contributed by atoms with van der Waals surface area (Å²) in [6.45, 7) is 0.912. The molecule has 1 aliphatic rings. The van der Waals surface area contributed by atoms with E-state index in [-0.39, 0.29) is 18.0 Å². The topological polar surface area (TPSA) is 54.3 Å². The van der Waals surface area contributed by atoms with E-state index in [1.807, 2.05) is 42.5 Å². The molecule has 4 heteroatoms. The molecular weight excluding hydrogens is 252 g/mol. The number of hydrogen-bond acceptors (Lipinski definition) is 3. The van der Waals surface area contributed by atoms with Crippen LogP contribution in [0.4, 0.5) is 0 Å². The Morgan fingerprint density at radius 2 is 2.10 bits per heavy atom. The molecule has 0 aliphatic carbocycles. The first-order chi connectivity index (χ1) is 9.84. The monoisotopic (exact) mass is 270 g/mol. The van der Waals surface area contributed by atoms with E-state index < -0.39 is 0 Å². The molecule has 2 N–H and O–H groups in total. The van der Waals surface area contributed by atoms with Crippen molar-refractivity contribution in [2.24, 2.45) is 0 Å². The molecule has 0 bridgehead atoms. The lowest BCUT2D eigenvalue weighted by molar-refractivity contribution is -0.123. The third-order valence-corrected chi connectivity index (χ3v) is 3.62. The normalized spacial score (nSPS) is 19.7. The Bertz CT molecular complexity index is 545. The van der Waals surface area contributed by atoms with Gasteiger partial charge in [0.15, 0.2) is 0 Å². The highest BCUT2D eigenvalue weighted by molar-refractivity contribution is 5.82. The van der Waals surface area contributed by atoms with Gasteiger partial charge in [0.05, 0.1) is 12.3 Å². The lowest BCUT2D eigenvalue weighted by atomic mass is 10.0. The fourth-order valence-electron chi connectivity index (χ4n) is 2.57. The summed E-state index contributed by atoms with van der Waals surface area (Å²) in [4.78, 5) is 12.3. The molecule has 2 heterocycles. The number of carbonyl (C=O) groups is 1. The summed E-state index contributed by atoms with van der Waals surface area (Å²) in [5.74, 6) is 0.787. The first-order valence-corrected chi connectivity index (χ1v) is 6.97. The summed E-state index contributed by atoms with van der Waals surface area (Å²) in [5, 5.41) is 6.30. The van der Waals surface area contributed by atoms with Gasteiger partial charge >= 0.3 is 0 Å². The van der Waals surface area contributed by atoms with E-state index >= 15 is 0 Å². The van der Waals surface area contributed by atoms with Gasteiger partial charge in [0.1, 0.15) is 11.8 Å². The Labute approximate surface area is 118 Å². The van der Waals surface area contributed by atoms with Crippen molar-refractivity contribution in [3.8, 4) is 0 Å². The number of hydrogen-bond donors (Lipinski definition) is 2. The molecule has 1 amide bonds. The van der Waals surface area contributed by atoms with E-state index in [4.69, 9.17) is 4.42 Å². The maximum Gasteiger partial charge on any atom is 0.237 e. The second kappa shape index (κ2) is 5.92. The third kappa shape index (κ3) is 2.75. The quantitative estimate of drug-likeness (QED) is 0.896. The Balaban J connectivity index is 1.81. The molecule has 1 aliphatic heterocycles. The van der Waals surface area contributed by atoms with Gasteiger partial charge in [0.25, 0.3) is 0 Å². The van der Waals surface area contributed by atoms with Crippen molar-refractivity contribution in [3.63, 3.8) is 0 Å². The summed E-state index contributed by atoms with van der Waals surface area (Å²) < 4.78 is 5.48. The zero-order valence-corrected chi connectivity index (χ0v) is 11.2. The van der Waals surface area contributed by atoms with E-state index in [9.17, 15) is 4.79 Å². The van der Waals surface area contributed by atoms with Crippen LogP contribution in [0, 0.1) is 0 Å². The maximum absolute atomic E-state index is 12.3. The van der Waals surface area contributed by atoms with Gasteiger partial charge in [0, 0.05) is 0 Å². The van der Waals surface area contributed by atoms with Crippen LogP contribution < -0.4 is 10.6 Å². The van der Waals surface area contributed by atoms with Crippen LogP contribution in [0.15, 0.2) is 53.1 Å². The van der Waals surface area contributed by atoms with Gasteiger partial charge in [-0.15, -0.1) is 0 Å². The summed E-state index contributed by atoms with van der Waals surface area (Å²) in [6, 6.07) is 13.3. The van der Waals surface area contributed by atoms with Crippen LogP contribution in [0.5, 0.6) is 0 Å². The molecule has 2 atom stereocenters. The van der Waals surface area contributed by atoms with Crippen LogP contribution in [0.3, 0.4) is 0 Å². The maximum atomic E-state index is 12.3. The Kier molecular flexibility index (Phi) is 3.83. The zero-order valence-electron chi connectivity index (χ0n) is 11.2. The molecule has 0 radical (unpaired) electrons. The predicted octanol–water partition coefficient (Wildman–Crippen LogP) is 2.24. The Morgan fingerprint density at radius 1 is 1.25 bits per heavy atom. The van der Waals surface area contributed by atoms with E-state index in [0.29, 0.717) is 0 Å². The average molecular weight is 270 g/mol. The van der Waals surface area contributed by atoms with Crippen molar-refractivity contribution in [1.82, 2.24) is 10.6 Å². The molecule has 0 spiro atoms. The molecule has 4 nitrogen and oxygen atoms in total. The standard InChI is InChI=1S/C16H18N2O2/c19-16(13-8-4-10-17-13)18-15(14-9-5-11-20-14)12-6-2-1-3-7-12/h1-3,5-7,9,11,13,15,17H,4,8,10H2,(H,18,19)/t13-,15?/m0/s1. The molecule has 1 saturated heterocycles. The summed E-state index contributed by atoms with van der Waals surface area (Å²) in [6.07, 6.45) is 3.57. The van der Waals surface area contributed by atoms with Crippen LogP contribution >= 0.6 is 0 Å². The predicted molar refractivity (Wildman–Crippen MR) is 76.2 cm³/mol. The van der Waals surface area contributed by atoms with Crippen LogP contribution in [0.1, 0.15) is 30.2 Å². The van der Waals surface area contributed by atoms with Gasteiger partial charge in [-0.2, -0.15) is 0 Å². The second-order valence-corrected chi connectivity index (χ2v) is 5.02. The summed E-state index contributed by atoms with van der Waals surface area (Å²) in [5.41, 5.74) is 1.02. The lowest BCUT2D eigenvalue weighted by Crippen LogP contribution is -2.42. The van der Waals surface area contributed by atoms with Gasteiger partial charge in [-0.1, -0.05) is 30.3 Å². The average Bonchev–Trinajstić information content (AvgIpc) is 3.18. The highest BCUT2D eigenvalue weighted by Crippen LogP contribution is 2.22. The van der Waals surface area contributed by atoms with Gasteiger partial charge in [0.2, 0.25) is 5.91 Å². The largest absolute Gasteiger partial charge is 0.467 e. The number of furan rings is 1. The van der Waals surface area contributed by atoms with Crippen molar-refractivity contribution < 1.29 is 9.21 Å². The third-order valence-electron chi connectivity index (χ3n) is 3.62. The van der Waals surface area contributed by atoms with E-state index in [0.717, 1.165) is 30.7 Å². The van der Waals surface area contributed by atoms with Gasteiger partial charge < -0.3 is 15.1 Å². The zero-order chi connectivity index (χ0) is 13.8. The van der Waals surface area contributed by atoms with E-state index in [2.05, 4.69) is 10.6 Å². The molecule has 1 aromatic carbocycles. The van der Waals surface area contributed by atoms with Crippen LogP contribution in [-0.2, 0) is 4.79 Å². The molecule has 1 aromatic heterocycles. The fraction of sp³-hybridized carbons (Fsp3) is 0.312. The molecule has 3 rings (SSSR count). The lowest BCUT2D eigenvalue weighted by Gasteiger charge is -2.19.